The summed E-state index contributed by atoms with van der Waals surface area (Å²) in [6.45, 7) is 2.47. The average molecular weight is 528 g/mol. The van der Waals surface area contributed by atoms with Crippen molar-refractivity contribution < 1.29 is 24.4 Å². The van der Waals surface area contributed by atoms with E-state index in [-0.39, 0.29) is 34.2 Å². The van der Waals surface area contributed by atoms with E-state index in [2.05, 4.69) is 20.9 Å². The van der Waals surface area contributed by atoms with Crippen LogP contribution in [-0.2, 0) is 0 Å². The number of non-ortho nitro benzene ring substituents is 1. The number of hydrogen-bond acceptors (Lipinski definition) is 8. The van der Waals surface area contributed by atoms with Crippen LogP contribution in [-0.4, -0.2) is 35.5 Å². The molecular weight excluding hydrogens is 502 g/mol. The molecule has 3 N–H and O–H groups in total. The molecule has 0 spiro atoms. The van der Waals surface area contributed by atoms with Crippen LogP contribution in [0.1, 0.15) is 34.1 Å². The highest BCUT2D eigenvalue weighted by Gasteiger charge is 2.20. The van der Waals surface area contributed by atoms with E-state index in [4.69, 9.17) is 4.74 Å². The summed E-state index contributed by atoms with van der Waals surface area (Å²) in [5, 5.41) is 37.2. The van der Waals surface area contributed by atoms with Crippen molar-refractivity contribution in [2.24, 2.45) is 10.2 Å². The van der Waals surface area contributed by atoms with Gasteiger partial charge >= 0.3 is 0 Å². The maximum atomic E-state index is 13.1. The number of aromatic hydroxyl groups is 1. The number of benzene rings is 4. The first kappa shape index (κ1) is 26.7. The summed E-state index contributed by atoms with van der Waals surface area (Å²) in [7, 11) is 1.46. The number of nitro benzene ring substituents is 1. The van der Waals surface area contributed by atoms with Crippen molar-refractivity contribution in [3.05, 3.63) is 94.0 Å². The number of nitrogens with one attached hydrogen (secondary N) is 2. The van der Waals surface area contributed by atoms with Crippen molar-refractivity contribution in [3.8, 4) is 11.5 Å². The van der Waals surface area contributed by atoms with E-state index in [9.17, 15) is 24.8 Å². The van der Waals surface area contributed by atoms with Crippen molar-refractivity contribution in [2.75, 3.05) is 19.0 Å². The van der Waals surface area contributed by atoms with Crippen molar-refractivity contribution in [2.45, 2.75) is 13.3 Å². The number of phenols is 1. The maximum Gasteiger partial charge on any atom is 0.271 e. The lowest BCUT2D eigenvalue weighted by Crippen LogP contribution is -2.23. The van der Waals surface area contributed by atoms with Crippen LogP contribution in [0.15, 0.2) is 83.0 Å². The fraction of sp³-hybridized carbons (Fsp3) is 0.143. The Morgan fingerprint density at radius 2 is 1.79 bits per heavy atom. The van der Waals surface area contributed by atoms with Gasteiger partial charge in [0, 0.05) is 35.3 Å². The summed E-state index contributed by atoms with van der Waals surface area (Å²) in [5.41, 5.74) is 0.528. The van der Waals surface area contributed by atoms with Crippen LogP contribution in [0.5, 0.6) is 11.5 Å². The van der Waals surface area contributed by atoms with Gasteiger partial charge < -0.3 is 20.5 Å². The largest absolute Gasteiger partial charge is 0.505 e. The molecule has 4 aromatic rings. The zero-order valence-corrected chi connectivity index (χ0v) is 21.2. The molecule has 0 bridgehead atoms. The third-order valence-electron chi connectivity index (χ3n) is 5.79. The summed E-state index contributed by atoms with van der Waals surface area (Å²) in [4.78, 5) is 36.1. The summed E-state index contributed by atoms with van der Waals surface area (Å²) in [6, 6.07) is 18.7. The number of rotatable bonds is 9. The van der Waals surface area contributed by atoms with Gasteiger partial charge in [-0.2, -0.15) is 0 Å². The first-order valence-corrected chi connectivity index (χ1v) is 12.0. The lowest BCUT2D eigenvalue weighted by molar-refractivity contribution is -0.384. The normalized spacial score (nSPS) is 10.9. The van der Waals surface area contributed by atoms with Gasteiger partial charge in [0.2, 0.25) is 0 Å². The number of ether oxygens (including phenoxy) is 1. The van der Waals surface area contributed by atoms with Gasteiger partial charge in [-0.05, 0) is 42.1 Å². The Morgan fingerprint density at radius 1 is 1.00 bits per heavy atom. The monoisotopic (exact) mass is 527 g/mol. The van der Waals surface area contributed by atoms with E-state index in [1.165, 1.54) is 43.5 Å². The van der Waals surface area contributed by atoms with Gasteiger partial charge in [0.25, 0.3) is 17.5 Å². The highest BCUT2D eigenvalue weighted by molar-refractivity contribution is 6.11. The van der Waals surface area contributed by atoms with Crippen LogP contribution in [0.4, 0.5) is 22.7 Å². The number of hydrogen-bond donors (Lipinski definition) is 3. The number of azo groups is 1. The average Bonchev–Trinajstić information content (AvgIpc) is 2.95. The number of fused-ring (bicyclic) bond motifs is 1. The second-order valence-corrected chi connectivity index (χ2v) is 8.45. The first-order valence-electron chi connectivity index (χ1n) is 12.0. The zero-order chi connectivity index (χ0) is 27.9. The third-order valence-corrected chi connectivity index (χ3v) is 5.79. The van der Waals surface area contributed by atoms with Gasteiger partial charge in [0.1, 0.15) is 17.1 Å². The highest BCUT2D eigenvalue weighted by Crippen LogP contribution is 2.40. The lowest BCUT2D eigenvalue weighted by atomic mass is 10.0. The number of nitro groups is 1. The highest BCUT2D eigenvalue weighted by atomic mass is 16.6. The number of amides is 2. The number of nitrogens with zero attached hydrogens (tertiary/aromatic N) is 3. The fourth-order valence-electron chi connectivity index (χ4n) is 3.84. The van der Waals surface area contributed by atoms with E-state index in [0.717, 1.165) is 6.42 Å². The number of phenolic OH excluding ortho intramolecular Hbond substituents is 1. The Kier molecular flexibility index (Phi) is 8.10. The molecule has 11 heteroatoms. The summed E-state index contributed by atoms with van der Waals surface area (Å²) in [6.07, 6.45) is 0.784. The lowest BCUT2D eigenvalue weighted by Gasteiger charge is -2.11. The van der Waals surface area contributed by atoms with Crippen LogP contribution in [0.25, 0.3) is 10.8 Å². The Bertz CT molecular complexity index is 1600. The van der Waals surface area contributed by atoms with Crippen LogP contribution in [0.2, 0.25) is 0 Å². The van der Waals surface area contributed by atoms with E-state index >= 15 is 0 Å². The Balaban J connectivity index is 1.74. The Hall–Kier alpha value is -5.32. The molecule has 0 saturated carbocycles. The molecule has 4 rings (SSSR count). The van der Waals surface area contributed by atoms with Crippen molar-refractivity contribution in [3.63, 3.8) is 0 Å². The van der Waals surface area contributed by atoms with Crippen molar-refractivity contribution in [1.82, 2.24) is 5.32 Å². The molecule has 198 valence electrons. The predicted octanol–water partition coefficient (Wildman–Crippen LogP) is 6.27. The number of methoxy groups -OCH3 is 1. The summed E-state index contributed by atoms with van der Waals surface area (Å²) >= 11 is 0. The molecule has 0 aliphatic rings. The van der Waals surface area contributed by atoms with E-state index in [1.54, 1.807) is 36.4 Å². The summed E-state index contributed by atoms with van der Waals surface area (Å²) in [5.74, 6) is -1.04. The molecule has 0 aliphatic heterocycles. The van der Waals surface area contributed by atoms with Gasteiger partial charge in [-0.25, -0.2) is 0 Å². The minimum Gasteiger partial charge on any atom is -0.505 e. The predicted molar refractivity (Wildman–Crippen MR) is 146 cm³/mol. The number of carbonyl (C=O) groups excluding carboxylic acids is 2. The molecule has 0 unspecified atom stereocenters. The Morgan fingerprint density at radius 3 is 2.54 bits per heavy atom. The molecular formula is C28H25N5O6. The topological polar surface area (TPSA) is 156 Å². The number of anilines is 1. The Labute approximate surface area is 223 Å². The minimum atomic E-state index is -0.692. The van der Waals surface area contributed by atoms with Gasteiger partial charge in [0.05, 0.1) is 17.6 Å². The van der Waals surface area contributed by atoms with Gasteiger partial charge in [0.15, 0.2) is 5.75 Å². The molecule has 2 amide bonds. The molecule has 4 aromatic carbocycles. The molecule has 0 aromatic heterocycles. The number of carbonyl (C=O) groups is 2. The molecule has 0 atom stereocenters. The molecule has 0 aliphatic carbocycles. The van der Waals surface area contributed by atoms with Crippen molar-refractivity contribution >= 4 is 45.3 Å². The second kappa shape index (κ2) is 11.8. The molecule has 0 heterocycles. The van der Waals surface area contributed by atoms with Crippen molar-refractivity contribution in [1.29, 1.82) is 0 Å². The smallest absolute Gasteiger partial charge is 0.271 e. The van der Waals surface area contributed by atoms with Gasteiger partial charge in [-0.15, -0.1) is 10.2 Å². The van der Waals surface area contributed by atoms with Gasteiger partial charge in [-0.1, -0.05) is 37.3 Å². The molecule has 39 heavy (non-hydrogen) atoms. The third kappa shape index (κ3) is 5.99. The standard InChI is InChI=1S/C28H25N5O6/c1-3-13-29-27(35)18-11-12-24(39-2)23(15-18)31-32-25-21-10-5-4-7-17(21)14-22(26(25)34)28(36)30-19-8-6-9-20(16-19)33(37)38/h4-12,14-16,34H,3,13H2,1-2H3,(H,29,35)(H,30,36)/b32-31+. The van der Waals surface area contributed by atoms with Crippen LogP contribution < -0.4 is 15.4 Å². The minimum absolute atomic E-state index is 0.0279. The van der Waals surface area contributed by atoms with Crippen LogP contribution in [0, 0.1) is 10.1 Å². The van der Waals surface area contributed by atoms with E-state index in [0.29, 0.717) is 28.6 Å². The SMILES string of the molecule is CCCNC(=O)c1ccc(OC)c(/N=N/c2c(O)c(C(=O)Nc3cccc([N+](=O)[O-])c3)cc3ccccc23)c1. The molecule has 0 saturated heterocycles. The molecule has 0 fully saturated rings. The maximum absolute atomic E-state index is 13.1. The molecule has 11 nitrogen and oxygen atoms in total. The first-order chi connectivity index (χ1) is 18.8. The summed E-state index contributed by atoms with van der Waals surface area (Å²) < 4.78 is 5.36. The molecule has 0 radical (unpaired) electrons. The van der Waals surface area contributed by atoms with Crippen LogP contribution in [0.3, 0.4) is 0 Å². The zero-order valence-electron chi connectivity index (χ0n) is 21.2. The van der Waals surface area contributed by atoms with Crippen LogP contribution >= 0.6 is 0 Å². The van der Waals surface area contributed by atoms with E-state index in [1.807, 2.05) is 6.92 Å². The van der Waals surface area contributed by atoms with Gasteiger partial charge in [-0.3, -0.25) is 19.7 Å². The fourth-order valence-corrected chi connectivity index (χ4v) is 3.84. The van der Waals surface area contributed by atoms with E-state index < -0.39 is 16.6 Å². The second-order valence-electron chi connectivity index (χ2n) is 8.45. The quantitative estimate of drug-likeness (QED) is 0.132.